The summed E-state index contributed by atoms with van der Waals surface area (Å²) in [6.07, 6.45) is 0. The van der Waals surface area contributed by atoms with E-state index in [1.54, 1.807) is 32.9 Å². The number of hydrogen-bond donors (Lipinski definition) is 1. The van der Waals surface area contributed by atoms with E-state index in [0.29, 0.717) is 11.1 Å². The van der Waals surface area contributed by atoms with E-state index >= 15 is 0 Å². The molecule has 0 radical (unpaired) electrons. The van der Waals surface area contributed by atoms with Crippen molar-refractivity contribution in [2.45, 2.75) is 30.7 Å². The van der Waals surface area contributed by atoms with Gasteiger partial charge >= 0.3 is 0 Å². The Morgan fingerprint density at radius 2 is 1.90 bits per heavy atom. The van der Waals surface area contributed by atoms with Crippen LogP contribution in [-0.2, 0) is 9.84 Å². The highest BCUT2D eigenvalue weighted by molar-refractivity contribution is 7.92. The van der Waals surface area contributed by atoms with Gasteiger partial charge in [-0.25, -0.2) is 13.4 Å². The van der Waals surface area contributed by atoms with Crippen LogP contribution in [0, 0.1) is 0 Å². The van der Waals surface area contributed by atoms with E-state index in [-0.39, 0.29) is 10.7 Å². The van der Waals surface area contributed by atoms with E-state index in [4.69, 9.17) is 4.74 Å². The number of aromatic amines is 1. The predicted molar refractivity (Wildman–Crippen MR) is 75.9 cm³/mol. The van der Waals surface area contributed by atoms with Gasteiger partial charge in [-0.15, -0.1) is 0 Å². The summed E-state index contributed by atoms with van der Waals surface area (Å²) in [5.41, 5.74) is -0.198. The van der Waals surface area contributed by atoms with Crippen molar-refractivity contribution >= 4 is 20.7 Å². The Balaban J connectivity index is 2.78. The molecule has 0 aliphatic heterocycles. The van der Waals surface area contributed by atoms with Crippen LogP contribution >= 0.6 is 0 Å². The maximum Gasteiger partial charge on any atom is 0.259 e. The fourth-order valence-corrected chi connectivity index (χ4v) is 2.67. The topological polar surface area (TPSA) is 89.1 Å². The summed E-state index contributed by atoms with van der Waals surface area (Å²) in [6, 6.07) is 4.71. The molecule has 1 aromatic carbocycles. The van der Waals surface area contributed by atoms with Gasteiger partial charge in [0.05, 0.1) is 22.8 Å². The average molecular weight is 296 g/mol. The second-order valence-electron chi connectivity index (χ2n) is 5.37. The molecule has 108 valence electrons. The minimum atomic E-state index is -3.72. The van der Waals surface area contributed by atoms with Crippen LogP contribution in [0.15, 0.2) is 28.2 Å². The van der Waals surface area contributed by atoms with Crippen LogP contribution < -0.4 is 10.3 Å². The van der Waals surface area contributed by atoms with E-state index in [2.05, 4.69) is 9.97 Å². The summed E-state index contributed by atoms with van der Waals surface area (Å²) in [4.78, 5) is 18.4. The molecule has 0 aliphatic rings. The van der Waals surface area contributed by atoms with E-state index in [1.807, 2.05) is 0 Å². The Bertz CT molecular complexity index is 816. The molecule has 2 aromatic rings. The maximum atomic E-state index is 12.3. The first-order chi connectivity index (χ1) is 9.16. The molecule has 0 fully saturated rings. The number of benzene rings is 1. The molecule has 0 bridgehead atoms. The number of nitrogens with zero attached hydrogens (tertiary/aromatic N) is 1. The van der Waals surface area contributed by atoms with Crippen molar-refractivity contribution in [3.8, 4) is 5.75 Å². The third-order valence-corrected chi connectivity index (χ3v) is 5.27. The molecule has 0 atom stereocenters. The standard InChI is InChI=1S/C13H16N2O4S/c1-13(2,3)20(17,18)12-14-10-7-8(19-4)5-6-9(10)11(16)15-12/h5-7H,1-4H3,(H,14,15,16). The lowest BCUT2D eigenvalue weighted by molar-refractivity contribution is 0.415. The zero-order chi connectivity index (χ0) is 15.1. The minimum absolute atomic E-state index is 0.288. The predicted octanol–water partition coefficient (Wildman–Crippen LogP) is 1.50. The van der Waals surface area contributed by atoms with Gasteiger partial charge in [0.15, 0.2) is 0 Å². The number of hydrogen-bond acceptors (Lipinski definition) is 5. The highest BCUT2D eigenvalue weighted by Gasteiger charge is 2.33. The molecule has 0 aliphatic carbocycles. The van der Waals surface area contributed by atoms with Gasteiger partial charge in [0.1, 0.15) is 5.75 Å². The van der Waals surface area contributed by atoms with Crippen LogP contribution in [0.5, 0.6) is 5.75 Å². The molecule has 0 saturated carbocycles. The Kier molecular flexibility index (Phi) is 3.33. The molecule has 7 heteroatoms. The average Bonchev–Trinajstić information content (AvgIpc) is 2.36. The summed E-state index contributed by atoms with van der Waals surface area (Å²) in [6.45, 7) is 4.66. The summed E-state index contributed by atoms with van der Waals surface area (Å²) in [5, 5.41) is -0.00517. The van der Waals surface area contributed by atoms with Crippen molar-refractivity contribution < 1.29 is 13.2 Å². The molecule has 6 nitrogen and oxygen atoms in total. The van der Waals surface area contributed by atoms with E-state index in [9.17, 15) is 13.2 Å². The van der Waals surface area contributed by atoms with Gasteiger partial charge < -0.3 is 4.74 Å². The molecule has 1 aromatic heterocycles. The molecule has 20 heavy (non-hydrogen) atoms. The summed E-state index contributed by atoms with van der Waals surface area (Å²) in [7, 11) is -2.23. The molecule has 2 rings (SSSR count). The summed E-state index contributed by atoms with van der Waals surface area (Å²) < 4.78 is 28.7. The van der Waals surface area contributed by atoms with E-state index in [1.165, 1.54) is 13.2 Å². The summed E-state index contributed by atoms with van der Waals surface area (Å²) >= 11 is 0. The SMILES string of the molecule is COc1ccc2c(=O)[nH]c(S(=O)(=O)C(C)(C)C)nc2c1. The zero-order valence-corrected chi connectivity index (χ0v) is 12.5. The van der Waals surface area contributed by atoms with Gasteiger partial charge in [-0.05, 0) is 32.9 Å². The third-order valence-electron chi connectivity index (χ3n) is 2.95. The van der Waals surface area contributed by atoms with Gasteiger partial charge in [-0.3, -0.25) is 9.78 Å². The van der Waals surface area contributed by atoms with Gasteiger partial charge in [0.2, 0.25) is 15.0 Å². The largest absolute Gasteiger partial charge is 0.497 e. The smallest absolute Gasteiger partial charge is 0.259 e. The number of fused-ring (bicyclic) bond motifs is 1. The number of sulfone groups is 1. The van der Waals surface area contributed by atoms with E-state index in [0.717, 1.165) is 0 Å². The Hall–Kier alpha value is -1.89. The molecule has 1 heterocycles. The monoisotopic (exact) mass is 296 g/mol. The first-order valence-corrected chi connectivity index (χ1v) is 7.48. The lowest BCUT2D eigenvalue weighted by Crippen LogP contribution is -2.31. The number of nitrogens with one attached hydrogen (secondary N) is 1. The van der Waals surface area contributed by atoms with Gasteiger partial charge in [-0.2, -0.15) is 0 Å². The molecule has 0 unspecified atom stereocenters. The van der Waals surface area contributed by atoms with Crippen molar-refractivity contribution in [1.82, 2.24) is 9.97 Å². The Morgan fingerprint density at radius 1 is 1.25 bits per heavy atom. The lowest BCUT2D eigenvalue weighted by Gasteiger charge is -2.18. The zero-order valence-electron chi connectivity index (χ0n) is 11.7. The molecule has 0 spiro atoms. The Labute approximate surface area is 116 Å². The van der Waals surface area contributed by atoms with Crippen LogP contribution in [0.25, 0.3) is 10.9 Å². The normalized spacial score (nSPS) is 12.6. The van der Waals surface area contributed by atoms with E-state index < -0.39 is 20.1 Å². The molecule has 0 saturated heterocycles. The van der Waals surface area contributed by atoms with Gasteiger partial charge in [-0.1, -0.05) is 0 Å². The van der Waals surface area contributed by atoms with Crippen LogP contribution in [0.4, 0.5) is 0 Å². The molecular formula is C13H16N2O4S. The van der Waals surface area contributed by atoms with Crippen LogP contribution in [0.3, 0.4) is 0 Å². The fraction of sp³-hybridized carbons (Fsp3) is 0.385. The van der Waals surface area contributed by atoms with Crippen LogP contribution in [-0.4, -0.2) is 30.2 Å². The number of rotatable bonds is 2. The highest BCUT2D eigenvalue weighted by atomic mass is 32.2. The summed E-state index contributed by atoms with van der Waals surface area (Å²) in [5.74, 6) is 0.509. The fourth-order valence-electron chi connectivity index (χ4n) is 1.64. The van der Waals surface area contributed by atoms with Crippen molar-refractivity contribution in [3.05, 3.63) is 28.6 Å². The number of aromatic nitrogens is 2. The van der Waals surface area contributed by atoms with Gasteiger partial charge in [0.25, 0.3) is 5.56 Å². The first kappa shape index (κ1) is 14.5. The molecule has 0 amide bonds. The van der Waals surface area contributed by atoms with Crippen molar-refractivity contribution in [1.29, 1.82) is 0 Å². The highest BCUT2D eigenvalue weighted by Crippen LogP contribution is 2.23. The first-order valence-electron chi connectivity index (χ1n) is 5.99. The second-order valence-corrected chi connectivity index (χ2v) is 7.99. The van der Waals surface area contributed by atoms with Crippen LogP contribution in [0.1, 0.15) is 20.8 Å². The van der Waals surface area contributed by atoms with Crippen molar-refractivity contribution in [3.63, 3.8) is 0 Å². The van der Waals surface area contributed by atoms with Crippen molar-refractivity contribution in [2.75, 3.05) is 7.11 Å². The number of H-pyrrole nitrogens is 1. The molecular weight excluding hydrogens is 280 g/mol. The maximum absolute atomic E-state index is 12.3. The second kappa shape index (κ2) is 4.59. The van der Waals surface area contributed by atoms with Crippen LogP contribution in [0.2, 0.25) is 0 Å². The number of ether oxygens (including phenoxy) is 1. The van der Waals surface area contributed by atoms with Gasteiger partial charge in [0, 0.05) is 6.07 Å². The number of methoxy groups -OCH3 is 1. The third kappa shape index (κ3) is 2.29. The lowest BCUT2D eigenvalue weighted by atomic mass is 10.2. The molecule has 1 N–H and O–H groups in total. The van der Waals surface area contributed by atoms with Crippen molar-refractivity contribution in [2.24, 2.45) is 0 Å². The quantitative estimate of drug-likeness (QED) is 0.848. The Morgan fingerprint density at radius 3 is 2.45 bits per heavy atom. The minimum Gasteiger partial charge on any atom is -0.497 e.